The molecule has 0 spiro atoms. The number of benzene rings is 1. The topological polar surface area (TPSA) is 67.2 Å². The van der Waals surface area contributed by atoms with Crippen LogP contribution in [0.1, 0.15) is 81.5 Å². The molecule has 0 bridgehead atoms. The van der Waals surface area contributed by atoms with Gasteiger partial charge in [-0.15, -0.1) is 0 Å². The number of rotatable bonds is 4. The standard InChI is InChI=1S/C25H33FN4O2/c1-24(2,3)21-14-20-22(31)29(15-17-10-8-9-13-19(17)26)25(4,16-30(20)28-21)23(32)27-18-11-6-5-7-12-18/h8-10,13-14,18H,5-7,11-12,15-16H2,1-4H3,(H,27,32)/t25-/m1/s1. The van der Waals surface area contributed by atoms with E-state index < -0.39 is 5.54 Å². The summed E-state index contributed by atoms with van der Waals surface area (Å²) in [5.74, 6) is -0.888. The van der Waals surface area contributed by atoms with Crippen molar-refractivity contribution < 1.29 is 14.0 Å². The molecule has 1 fully saturated rings. The van der Waals surface area contributed by atoms with Crippen molar-refractivity contribution in [2.75, 3.05) is 0 Å². The number of halogens is 1. The third-order valence-electron chi connectivity index (χ3n) is 6.78. The van der Waals surface area contributed by atoms with Crippen LogP contribution in [0.2, 0.25) is 0 Å². The Bertz CT molecular complexity index is 1020. The molecular weight excluding hydrogens is 407 g/mol. The molecule has 1 aliphatic carbocycles. The Morgan fingerprint density at radius 1 is 1.22 bits per heavy atom. The smallest absolute Gasteiger partial charge is 0.273 e. The summed E-state index contributed by atoms with van der Waals surface area (Å²) < 4.78 is 16.2. The zero-order valence-corrected chi connectivity index (χ0v) is 19.4. The van der Waals surface area contributed by atoms with Crippen molar-refractivity contribution in [1.29, 1.82) is 0 Å². The number of fused-ring (bicyclic) bond motifs is 1. The van der Waals surface area contributed by atoms with Crippen LogP contribution in [0.15, 0.2) is 30.3 Å². The second-order valence-electron chi connectivity index (χ2n) is 10.4. The Morgan fingerprint density at radius 2 is 1.91 bits per heavy atom. The molecular formula is C25H33FN4O2. The maximum Gasteiger partial charge on any atom is 0.273 e. The molecule has 0 unspecified atom stereocenters. The number of nitrogens with zero attached hydrogens (tertiary/aromatic N) is 3. The van der Waals surface area contributed by atoms with Gasteiger partial charge in [0, 0.05) is 17.0 Å². The molecule has 6 nitrogen and oxygen atoms in total. The van der Waals surface area contributed by atoms with Gasteiger partial charge in [0.25, 0.3) is 5.91 Å². The van der Waals surface area contributed by atoms with Crippen LogP contribution in [0.3, 0.4) is 0 Å². The summed E-state index contributed by atoms with van der Waals surface area (Å²) in [6.45, 7) is 8.15. The number of carbonyl (C=O) groups excluding carboxylic acids is 2. The Kier molecular flexibility index (Phi) is 5.86. The highest BCUT2D eigenvalue weighted by molar-refractivity contribution is 5.99. The minimum atomic E-state index is -1.18. The zero-order valence-electron chi connectivity index (χ0n) is 19.4. The van der Waals surface area contributed by atoms with Gasteiger partial charge in [-0.05, 0) is 31.9 Å². The van der Waals surface area contributed by atoms with Crippen LogP contribution in [-0.2, 0) is 23.3 Å². The first-order chi connectivity index (χ1) is 15.1. The van der Waals surface area contributed by atoms with Crippen LogP contribution in [0.25, 0.3) is 0 Å². The van der Waals surface area contributed by atoms with E-state index in [1.165, 1.54) is 17.4 Å². The SMILES string of the molecule is CC(C)(C)c1cc2n(n1)C[C@](C)(C(=O)NC1CCCCC1)N(Cc1ccccc1F)C2=O. The average Bonchev–Trinajstić information content (AvgIpc) is 3.17. The van der Waals surface area contributed by atoms with Gasteiger partial charge in [0.2, 0.25) is 5.91 Å². The highest BCUT2D eigenvalue weighted by Gasteiger charge is 2.49. The van der Waals surface area contributed by atoms with E-state index in [0.717, 1.165) is 31.4 Å². The summed E-state index contributed by atoms with van der Waals surface area (Å²) in [6, 6.07) is 8.32. The molecule has 2 amide bonds. The molecule has 1 aromatic heterocycles. The molecule has 0 saturated heterocycles. The Balaban J connectivity index is 1.72. The van der Waals surface area contributed by atoms with Gasteiger partial charge < -0.3 is 10.2 Å². The van der Waals surface area contributed by atoms with Crippen molar-refractivity contribution >= 4 is 11.8 Å². The Morgan fingerprint density at radius 3 is 2.56 bits per heavy atom. The van der Waals surface area contributed by atoms with Crippen molar-refractivity contribution in [3.8, 4) is 0 Å². The van der Waals surface area contributed by atoms with E-state index in [9.17, 15) is 14.0 Å². The van der Waals surface area contributed by atoms with Crippen LogP contribution in [-0.4, -0.2) is 38.1 Å². The number of nitrogens with one attached hydrogen (secondary N) is 1. The first-order valence-corrected chi connectivity index (χ1v) is 11.5. The van der Waals surface area contributed by atoms with E-state index >= 15 is 0 Å². The van der Waals surface area contributed by atoms with Gasteiger partial charge in [0.15, 0.2) is 0 Å². The number of hydrogen-bond donors (Lipinski definition) is 1. The third-order valence-corrected chi connectivity index (χ3v) is 6.78. The number of amides is 2. The van der Waals surface area contributed by atoms with Gasteiger partial charge in [0.05, 0.1) is 18.8 Å². The van der Waals surface area contributed by atoms with Crippen LogP contribution < -0.4 is 5.32 Å². The van der Waals surface area contributed by atoms with Gasteiger partial charge in [-0.1, -0.05) is 58.2 Å². The van der Waals surface area contributed by atoms with Crippen LogP contribution in [0.5, 0.6) is 0 Å². The summed E-state index contributed by atoms with van der Waals surface area (Å²) in [5, 5.41) is 7.85. The van der Waals surface area contributed by atoms with E-state index in [4.69, 9.17) is 0 Å². The van der Waals surface area contributed by atoms with Gasteiger partial charge in [-0.25, -0.2) is 4.39 Å². The largest absolute Gasteiger partial charge is 0.351 e. The number of hydrogen-bond acceptors (Lipinski definition) is 3. The van der Waals surface area contributed by atoms with E-state index in [2.05, 4.69) is 10.4 Å². The van der Waals surface area contributed by atoms with Crippen molar-refractivity contribution in [3.05, 3.63) is 53.1 Å². The highest BCUT2D eigenvalue weighted by Crippen LogP contribution is 2.32. The molecule has 1 atom stereocenters. The molecule has 4 rings (SSSR count). The minimum absolute atomic E-state index is 0.0239. The van der Waals surface area contributed by atoms with Crippen LogP contribution >= 0.6 is 0 Å². The molecule has 172 valence electrons. The lowest BCUT2D eigenvalue weighted by Gasteiger charge is -2.44. The summed E-state index contributed by atoms with van der Waals surface area (Å²) in [4.78, 5) is 28.8. The molecule has 2 heterocycles. The van der Waals surface area contributed by atoms with Crippen molar-refractivity contribution in [3.63, 3.8) is 0 Å². The molecule has 7 heteroatoms. The maximum atomic E-state index is 14.5. The minimum Gasteiger partial charge on any atom is -0.351 e. The molecule has 32 heavy (non-hydrogen) atoms. The summed E-state index contributed by atoms with van der Waals surface area (Å²) >= 11 is 0. The summed E-state index contributed by atoms with van der Waals surface area (Å²) in [5.41, 5.74) is 0.214. The van der Waals surface area contributed by atoms with Gasteiger partial charge in [-0.3, -0.25) is 14.3 Å². The number of carbonyl (C=O) groups is 2. The number of aromatic nitrogens is 2. The van der Waals surface area contributed by atoms with Crippen molar-refractivity contribution in [2.24, 2.45) is 0 Å². The van der Waals surface area contributed by atoms with E-state index in [-0.39, 0.29) is 42.2 Å². The Hall–Kier alpha value is -2.70. The quantitative estimate of drug-likeness (QED) is 0.776. The van der Waals surface area contributed by atoms with Crippen molar-refractivity contribution in [1.82, 2.24) is 20.0 Å². The monoisotopic (exact) mass is 440 g/mol. The maximum absolute atomic E-state index is 14.5. The zero-order chi connectivity index (χ0) is 23.1. The summed E-state index contributed by atoms with van der Waals surface area (Å²) in [6.07, 6.45) is 5.28. The molecule has 1 aliphatic heterocycles. The molecule has 1 N–H and O–H groups in total. The molecule has 1 aromatic carbocycles. The second kappa shape index (κ2) is 8.34. The normalized spacial score (nSPS) is 22.0. The second-order valence-corrected chi connectivity index (χ2v) is 10.4. The molecule has 2 aliphatic rings. The first-order valence-electron chi connectivity index (χ1n) is 11.5. The molecule has 0 radical (unpaired) electrons. The van der Waals surface area contributed by atoms with Gasteiger partial charge >= 0.3 is 0 Å². The average molecular weight is 441 g/mol. The van der Waals surface area contributed by atoms with Crippen LogP contribution in [0, 0.1) is 5.82 Å². The lowest BCUT2D eigenvalue weighted by molar-refractivity contribution is -0.134. The third kappa shape index (κ3) is 4.17. The summed E-state index contributed by atoms with van der Waals surface area (Å²) in [7, 11) is 0. The fourth-order valence-electron chi connectivity index (χ4n) is 4.64. The van der Waals surface area contributed by atoms with Crippen LogP contribution in [0.4, 0.5) is 4.39 Å². The van der Waals surface area contributed by atoms with Crippen molar-refractivity contribution in [2.45, 2.75) is 89.9 Å². The molecule has 2 aromatic rings. The lowest BCUT2D eigenvalue weighted by Crippen LogP contribution is -2.64. The van der Waals surface area contributed by atoms with E-state index in [0.29, 0.717) is 11.3 Å². The lowest BCUT2D eigenvalue weighted by atomic mass is 9.90. The van der Waals surface area contributed by atoms with E-state index in [1.807, 2.05) is 20.8 Å². The fourth-order valence-corrected chi connectivity index (χ4v) is 4.64. The Labute approximate surface area is 189 Å². The first kappa shape index (κ1) is 22.5. The highest BCUT2D eigenvalue weighted by atomic mass is 19.1. The predicted molar refractivity (Wildman–Crippen MR) is 121 cm³/mol. The fraction of sp³-hybridized carbons (Fsp3) is 0.560. The van der Waals surface area contributed by atoms with Gasteiger partial charge in [-0.2, -0.15) is 5.10 Å². The molecule has 1 saturated carbocycles. The van der Waals surface area contributed by atoms with E-state index in [1.54, 1.807) is 35.9 Å². The predicted octanol–water partition coefficient (Wildman–Crippen LogP) is 4.18. The van der Waals surface area contributed by atoms with Gasteiger partial charge in [0.1, 0.15) is 17.1 Å².